The molecule has 3 nitrogen and oxygen atoms in total. The lowest BCUT2D eigenvalue weighted by molar-refractivity contribution is 0.308. The Morgan fingerprint density at radius 3 is 2.53 bits per heavy atom. The summed E-state index contributed by atoms with van der Waals surface area (Å²) < 4.78 is 0. The number of nitrogens with one attached hydrogen (secondary N) is 1. The monoisotopic (exact) mass is 229 g/mol. The average Bonchev–Trinajstić information content (AvgIpc) is 2.86. The molecule has 2 aliphatic rings. The van der Waals surface area contributed by atoms with Crippen LogP contribution in [-0.2, 0) is 5.41 Å². The molecular formula is C14H19N3. The summed E-state index contributed by atoms with van der Waals surface area (Å²) in [7, 11) is 0. The third kappa shape index (κ3) is 1.58. The van der Waals surface area contributed by atoms with Gasteiger partial charge in [-0.3, -0.25) is 0 Å². The first kappa shape index (κ1) is 10.8. The van der Waals surface area contributed by atoms with Gasteiger partial charge in [-0.1, -0.05) is 12.8 Å². The second kappa shape index (κ2) is 3.87. The highest BCUT2D eigenvalue weighted by atomic mass is 15.0. The highest BCUT2D eigenvalue weighted by Crippen LogP contribution is 2.43. The molecule has 0 amide bonds. The molecule has 0 aliphatic heterocycles. The molecule has 1 aromatic rings. The van der Waals surface area contributed by atoms with E-state index in [0.29, 0.717) is 5.92 Å². The maximum atomic E-state index is 9.35. The third-order valence-corrected chi connectivity index (χ3v) is 4.54. The predicted molar refractivity (Wildman–Crippen MR) is 65.7 cm³/mol. The molecule has 2 aliphatic carbocycles. The molecule has 0 saturated heterocycles. The Kier molecular flexibility index (Phi) is 2.47. The lowest BCUT2D eigenvalue weighted by Crippen LogP contribution is -2.33. The van der Waals surface area contributed by atoms with Gasteiger partial charge < -0.3 is 4.98 Å². The van der Waals surface area contributed by atoms with Crippen LogP contribution in [0.2, 0.25) is 0 Å². The van der Waals surface area contributed by atoms with Gasteiger partial charge in [-0.25, -0.2) is 4.98 Å². The summed E-state index contributed by atoms with van der Waals surface area (Å²) in [4.78, 5) is 8.16. The SMILES string of the molecule is Cc1[nH]c(C2(C#N)CCC2)nc1C1CCCC1. The lowest BCUT2D eigenvalue weighted by atomic mass is 9.69. The first-order valence-corrected chi connectivity index (χ1v) is 6.73. The predicted octanol–water partition coefficient (Wildman–Crippen LogP) is 3.32. The van der Waals surface area contributed by atoms with Gasteiger partial charge in [0.2, 0.25) is 0 Å². The molecule has 0 atom stereocenters. The van der Waals surface area contributed by atoms with Crippen LogP contribution in [0.15, 0.2) is 0 Å². The van der Waals surface area contributed by atoms with Gasteiger partial charge in [0, 0.05) is 11.6 Å². The molecule has 0 bridgehead atoms. The van der Waals surface area contributed by atoms with E-state index in [4.69, 9.17) is 4.98 Å². The number of imidazole rings is 1. The average molecular weight is 229 g/mol. The van der Waals surface area contributed by atoms with Crippen LogP contribution >= 0.6 is 0 Å². The van der Waals surface area contributed by atoms with E-state index in [-0.39, 0.29) is 5.41 Å². The van der Waals surface area contributed by atoms with Gasteiger partial charge in [0.25, 0.3) is 0 Å². The molecule has 3 rings (SSSR count). The summed E-state index contributed by atoms with van der Waals surface area (Å²) in [5, 5.41) is 9.35. The lowest BCUT2D eigenvalue weighted by Gasteiger charge is -2.32. The zero-order chi connectivity index (χ0) is 11.9. The van der Waals surface area contributed by atoms with Crippen molar-refractivity contribution in [3.63, 3.8) is 0 Å². The molecular weight excluding hydrogens is 210 g/mol. The van der Waals surface area contributed by atoms with Crippen LogP contribution in [-0.4, -0.2) is 9.97 Å². The largest absolute Gasteiger partial charge is 0.345 e. The quantitative estimate of drug-likeness (QED) is 0.845. The van der Waals surface area contributed by atoms with E-state index in [2.05, 4.69) is 18.0 Å². The fourth-order valence-electron chi connectivity index (χ4n) is 3.23. The molecule has 17 heavy (non-hydrogen) atoms. The maximum absolute atomic E-state index is 9.35. The highest BCUT2D eigenvalue weighted by Gasteiger charge is 2.42. The van der Waals surface area contributed by atoms with Gasteiger partial charge in [0.15, 0.2) is 0 Å². The summed E-state index contributed by atoms with van der Waals surface area (Å²) >= 11 is 0. The minimum Gasteiger partial charge on any atom is -0.345 e. The van der Waals surface area contributed by atoms with Crippen molar-refractivity contribution < 1.29 is 0 Å². The fourth-order valence-corrected chi connectivity index (χ4v) is 3.23. The summed E-state index contributed by atoms with van der Waals surface area (Å²) in [6.07, 6.45) is 8.30. The Morgan fingerprint density at radius 2 is 2.00 bits per heavy atom. The van der Waals surface area contributed by atoms with Crippen molar-refractivity contribution in [3.8, 4) is 6.07 Å². The number of nitriles is 1. The van der Waals surface area contributed by atoms with Gasteiger partial charge in [0.05, 0.1) is 11.8 Å². The minimum atomic E-state index is -0.290. The highest BCUT2D eigenvalue weighted by molar-refractivity contribution is 5.30. The normalized spacial score (nSPS) is 23.3. The number of H-pyrrole nitrogens is 1. The van der Waals surface area contributed by atoms with Gasteiger partial charge in [-0.05, 0) is 39.0 Å². The first-order chi connectivity index (χ1) is 8.25. The second-order valence-electron chi connectivity index (χ2n) is 5.62. The molecule has 2 saturated carbocycles. The van der Waals surface area contributed by atoms with Crippen molar-refractivity contribution in [2.75, 3.05) is 0 Å². The Balaban J connectivity index is 1.93. The summed E-state index contributed by atoms with van der Waals surface area (Å²) in [6, 6.07) is 2.47. The number of aromatic amines is 1. The van der Waals surface area contributed by atoms with Crippen LogP contribution < -0.4 is 0 Å². The van der Waals surface area contributed by atoms with E-state index in [1.54, 1.807) is 0 Å². The Hall–Kier alpha value is -1.30. The van der Waals surface area contributed by atoms with Crippen molar-refractivity contribution in [1.82, 2.24) is 9.97 Å². The Bertz CT molecular complexity index is 456. The van der Waals surface area contributed by atoms with Crippen molar-refractivity contribution in [2.45, 2.75) is 63.2 Å². The number of aryl methyl sites for hydroxylation is 1. The topological polar surface area (TPSA) is 52.5 Å². The molecule has 0 aromatic carbocycles. The molecule has 2 fully saturated rings. The first-order valence-electron chi connectivity index (χ1n) is 6.73. The molecule has 3 heteroatoms. The van der Waals surface area contributed by atoms with Crippen LogP contribution in [0.5, 0.6) is 0 Å². The van der Waals surface area contributed by atoms with Gasteiger partial charge >= 0.3 is 0 Å². The van der Waals surface area contributed by atoms with Crippen molar-refractivity contribution in [3.05, 3.63) is 17.2 Å². The van der Waals surface area contributed by atoms with E-state index in [1.165, 1.54) is 37.1 Å². The Labute approximate surface area is 102 Å². The van der Waals surface area contributed by atoms with Crippen LogP contribution in [0.3, 0.4) is 0 Å². The number of nitrogens with zero attached hydrogens (tertiary/aromatic N) is 2. The zero-order valence-electron chi connectivity index (χ0n) is 10.4. The number of hydrogen-bond donors (Lipinski definition) is 1. The second-order valence-corrected chi connectivity index (χ2v) is 5.62. The van der Waals surface area contributed by atoms with E-state index in [1.807, 2.05) is 0 Å². The number of hydrogen-bond acceptors (Lipinski definition) is 2. The summed E-state index contributed by atoms with van der Waals surface area (Å²) in [6.45, 7) is 2.11. The summed E-state index contributed by atoms with van der Waals surface area (Å²) in [5.74, 6) is 1.57. The molecule has 90 valence electrons. The molecule has 0 radical (unpaired) electrons. The van der Waals surface area contributed by atoms with Crippen LogP contribution in [0.4, 0.5) is 0 Å². The fraction of sp³-hybridized carbons (Fsp3) is 0.714. The zero-order valence-corrected chi connectivity index (χ0v) is 10.4. The van der Waals surface area contributed by atoms with Crippen molar-refractivity contribution in [1.29, 1.82) is 5.26 Å². The molecule has 1 heterocycles. The van der Waals surface area contributed by atoms with Crippen molar-refractivity contribution >= 4 is 0 Å². The van der Waals surface area contributed by atoms with Crippen LogP contribution in [0.25, 0.3) is 0 Å². The standard InChI is InChI=1S/C14H19N3/c1-10-12(11-5-2-3-6-11)17-13(16-10)14(9-15)7-4-8-14/h11H,2-8H2,1H3,(H,16,17). The molecule has 0 spiro atoms. The van der Waals surface area contributed by atoms with E-state index in [9.17, 15) is 5.26 Å². The minimum absolute atomic E-state index is 0.290. The summed E-state index contributed by atoms with van der Waals surface area (Å²) in [5.41, 5.74) is 2.13. The van der Waals surface area contributed by atoms with Gasteiger partial charge in [-0.2, -0.15) is 5.26 Å². The molecule has 1 aromatic heterocycles. The maximum Gasteiger partial charge on any atom is 0.127 e. The number of aromatic nitrogens is 2. The van der Waals surface area contributed by atoms with Crippen LogP contribution in [0, 0.1) is 18.3 Å². The Morgan fingerprint density at radius 1 is 1.29 bits per heavy atom. The van der Waals surface area contributed by atoms with E-state index < -0.39 is 0 Å². The third-order valence-electron chi connectivity index (χ3n) is 4.54. The van der Waals surface area contributed by atoms with E-state index >= 15 is 0 Å². The van der Waals surface area contributed by atoms with Crippen LogP contribution in [0.1, 0.15) is 68.1 Å². The molecule has 1 N–H and O–H groups in total. The van der Waals surface area contributed by atoms with Gasteiger partial charge in [-0.15, -0.1) is 0 Å². The number of rotatable bonds is 2. The van der Waals surface area contributed by atoms with Crippen molar-refractivity contribution in [2.24, 2.45) is 0 Å². The molecule has 0 unspecified atom stereocenters. The van der Waals surface area contributed by atoms with E-state index in [0.717, 1.165) is 25.1 Å². The smallest absolute Gasteiger partial charge is 0.127 e. The van der Waals surface area contributed by atoms with Gasteiger partial charge in [0.1, 0.15) is 11.2 Å².